The van der Waals surface area contributed by atoms with Gasteiger partial charge in [0.15, 0.2) is 5.82 Å². The largest absolute Gasteiger partial charge is 0.334 e. The van der Waals surface area contributed by atoms with Gasteiger partial charge in [-0.1, -0.05) is 36.6 Å². The molecule has 0 aliphatic heterocycles. The van der Waals surface area contributed by atoms with Crippen molar-refractivity contribution in [3.05, 3.63) is 35.7 Å². The SMILES string of the molecule is NCCc1cccc(-c2nc(C3CCCCC3)no2)c1. The summed E-state index contributed by atoms with van der Waals surface area (Å²) in [6, 6.07) is 8.20. The first-order chi connectivity index (χ1) is 9.86. The summed E-state index contributed by atoms with van der Waals surface area (Å²) in [6.45, 7) is 0.653. The first-order valence-corrected chi connectivity index (χ1v) is 7.50. The minimum atomic E-state index is 0.480. The minimum Gasteiger partial charge on any atom is -0.334 e. The lowest BCUT2D eigenvalue weighted by molar-refractivity contribution is 0.385. The van der Waals surface area contributed by atoms with Crippen molar-refractivity contribution in [3.63, 3.8) is 0 Å². The number of rotatable bonds is 4. The van der Waals surface area contributed by atoms with Gasteiger partial charge in [0.1, 0.15) is 0 Å². The Kier molecular flexibility index (Phi) is 4.11. The summed E-state index contributed by atoms with van der Waals surface area (Å²) in [5.74, 6) is 1.99. The Hall–Kier alpha value is -1.68. The molecule has 0 atom stereocenters. The summed E-state index contributed by atoms with van der Waals surface area (Å²) in [5, 5.41) is 4.18. The lowest BCUT2D eigenvalue weighted by atomic mass is 9.89. The van der Waals surface area contributed by atoms with E-state index in [2.05, 4.69) is 22.3 Å². The second-order valence-corrected chi connectivity index (χ2v) is 5.53. The molecule has 106 valence electrons. The maximum Gasteiger partial charge on any atom is 0.257 e. The summed E-state index contributed by atoms with van der Waals surface area (Å²) < 4.78 is 5.44. The molecule has 1 saturated carbocycles. The number of aromatic nitrogens is 2. The molecule has 1 aromatic heterocycles. The standard InChI is InChI=1S/C16H21N3O/c17-10-9-12-5-4-8-14(11-12)16-18-15(19-20-16)13-6-2-1-3-7-13/h4-5,8,11,13H,1-3,6-7,9-10,17H2. The van der Waals surface area contributed by atoms with E-state index in [1.54, 1.807) is 0 Å². The monoisotopic (exact) mass is 271 g/mol. The molecule has 0 saturated heterocycles. The van der Waals surface area contributed by atoms with E-state index in [4.69, 9.17) is 10.3 Å². The highest BCUT2D eigenvalue weighted by molar-refractivity contribution is 5.54. The van der Waals surface area contributed by atoms with Crippen molar-refractivity contribution < 1.29 is 4.52 Å². The Balaban J connectivity index is 1.80. The van der Waals surface area contributed by atoms with Gasteiger partial charge in [-0.05, 0) is 43.5 Å². The Morgan fingerprint density at radius 3 is 2.85 bits per heavy atom. The third-order valence-electron chi connectivity index (χ3n) is 4.02. The van der Waals surface area contributed by atoms with E-state index in [-0.39, 0.29) is 0 Å². The van der Waals surface area contributed by atoms with Crippen LogP contribution in [0.1, 0.15) is 49.4 Å². The molecular formula is C16H21N3O. The van der Waals surface area contributed by atoms with Gasteiger partial charge < -0.3 is 10.3 Å². The fourth-order valence-electron chi connectivity index (χ4n) is 2.91. The van der Waals surface area contributed by atoms with Gasteiger partial charge in [-0.2, -0.15) is 4.98 Å². The summed E-state index contributed by atoms with van der Waals surface area (Å²) >= 11 is 0. The quantitative estimate of drug-likeness (QED) is 0.926. The molecule has 0 radical (unpaired) electrons. The molecule has 0 amide bonds. The van der Waals surface area contributed by atoms with E-state index < -0.39 is 0 Å². The van der Waals surface area contributed by atoms with Crippen LogP contribution in [0.4, 0.5) is 0 Å². The number of hydrogen-bond donors (Lipinski definition) is 1. The van der Waals surface area contributed by atoms with Crippen molar-refractivity contribution >= 4 is 0 Å². The van der Waals surface area contributed by atoms with E-state index in [0.29, 0.717) is 18.4 Å². The third-order valence-corrected chi connectivity index (χ3v) is 4.02. The second-order valence-electron chi connectivity index (χ2n) is 5.53. The van der Waals surface area contributed by atoms with Gasteiger partial charge in [-0.15, -0.1) is 0 Å². The van der Waals surface area contributed by atoms with E-state index >= 15 is 0 Å². The van der Waals surface area contributed by atoms with Crippen LogP contribution < -0.4 is 5.73 Å². The fourth-order valence-corrected chi connectivity index (χ4v) is 2.91. The van der Waals surface area contributed by atoms with Gasteiger partial charge in [0, 0.05) is 11.5 Å². The highest BCUT2D eigenvalue weighted by atomic mass is 16.5. The van der Waals surface area contributed by atoms with Crippen LogP contribution in [0.5, 0.6) is 0 Å². The number of hydrogen-bond acceptors (Lipinski definition) is 4. The lowest BCUT2D eigenvalue weighted by Gasteiger charge is -2.17. The molecule has 1 aliphatic rings. The molecule has 3 rings (SSSR count). The molecule has 1 heterocycles. The topological polar surface area (TPSA) is 64.9 Å². The zero-order valence-corrected chi connectivity index (χ0v) is 11.7. The zero-order chi connectivity index (χ0) is 13.8. The highest BCUT2D eigenvalue weighted by Crippen LogP contribution is 2.32. The van der Waals surface area contributed by atoms with Crippen LogP contribution in [0.3, 0.4) is 0 Å². The van der Waals surface area contributed by atoms with Crippen molar-refractivity contribution in [1.29, 1.82) is 0 Å². The average Bonchev–Trinajstić information content (AvgIpc) is 2.99. The molecule has 1 fully saturated rings. The molecule has 2 N–H and O–H groups in total. The molecule has 2 aromatic rings. The molecular weight excluding hydrogens is 250 g/mol. The normalized spacial score (nSPS) is 16.4. The molecule has 0 bridgehead atoms. The highest BCUT2D eigenvalue weighted by Gasteiger charge is 2.21. The molecule has 1 aliphatic carbocycles. The maximum absolute atomic E-state index is 5.60. The maximum atomic E-state index is 5.60. The predicted molar refractivity (Wildman–Crippen MR) is 78.3 cm³/mol. The van der Waals surface area contributed by atoms with E-state index in [1.165, 1.54) is 37.7 Å². The molecule has 0 unspecified atom stereocenters. The van der Waals surface area contributed by atoms with Crippen molar-refractivity contribution in [2.45, 2.75) is 44.4 Å². The van der Waals surface area contributed by atoms with Gasteiger partial charge in [0.25, 0.3) is 5.89 Å². The van der Waals surface area contributed by atoms with Gasteiger partial charge in [-0.25, -0.2) is 0 Å². The first kappa shape index (κ1) is 13.3. The smallest absolute Gasteiger partial charge is 0.257 e. The molecule has 1 aromatic carbocycles. The zero-order valence-electron chi connectivity index (χ0n) is 11.7. The van der Waals surface area contributed by atoms with Gasteiger partial charge >= 0.3 is 0 Å². The average molecular weight is 271 g/mol. The summed E-state index contributed by atoms with van der Waals surface area (Å²) in [4.78, 5) is 4.60. The van der Waals surface area contributed by atoms with Crippen molar-refractivity contribution in [3.8, 4) is 11.5 Å². The minimum absolute atomic E-state index is 0.480. The number of nitrogens with two attached hydrogens (primary N) is 1. The fraction of sp³-hybridized carbons (Fsp3) is 0.500. The van der Waals surface area contributed by atoms with E-state index in [1.807, 2.05) is 12.1 Å². The predicted octanol–water partition coefficient (Wildman–Crippen LogP) is 3.29. The van der Waals surface area contributed by atoms with E-state index in [0.717, 1.165) is 17.8 Å². The summed E-state index contributed by atoms with van der Waals surface area (Å²) in [7, 11) is 0. The number of nitrogens with zero attached hydrogens (tertiary/aromatic N) is 2. The van der Waals surface area contributed by atoms with Crippen LogP contribution in [-0.2, 0) is 6.42 Å². The van der Waals surface area contributed by atoms with Crippen LogP contribution in [0.25, 0.3) is 11.5 Å². The lowest BCUT2D eigenvalue weighted by Crippen LogP contribution is -2.06. The molecule has 20 heavy (non-hydrogen) atoms. The van der Waals surface area contributed by atoms with Crippen molar-refractivity contribution in [1.82, 2.24) is 10.1 Å². The summed E-state index contributed by atoms with van der Waals surface area (Å²) in [5.41, 5.74) is 7.80. The molecule has 4 heteroatoms. The van der Waals surface area contributed by atoms with Crippen LogP contribution >= 0.6 is 0 Å². The Morgan fingerprint density at radius 1 is 1.20 bits per heavy atom. The van der Waals surface area contributed by atoms with Crippen molar-refractivity contribution in [2.24, 2.45) is 5.73 Å². The van der Waals surface area contributed by atoms with Gasteiger partial charge in [0.05, 0.1) is 0 Å². The van der Waals surface area contributed by atoms with Gasteiger partial charge in [0.2, 0.25) is 0 Å². The van der Waals surface area contributed by atoms with Crippen LogP contribution in [-0.4, -0.2) is 16.7 Å². The van der Waals surface area contributed by atoms with Crippen LogP contribution in [0, 0.1) is 0 Å². The Bertz CT molecular complexity index is 558. The van der Waals surface area contributed by atoms with Crippen LogP contribution in [0.2, 0.25) is 0 Å². The first-order valence-electron chi connectivity index (χ1n) is 7.50. The Morgan fingerprint density at radius 2 is 2.05 bits per heavy atom. The van der Waals surface area contributed by atoms with Gasteiger partial charge in [-0.3, -0.25) is 0 Å². The van der Waals surface area contributed by atoms with Crippen molar-refractivity contribution in [2.75, 3.05) is 6.54 Å². The second kappa shape index (κ2) is 6.18. The number of benzene rings is 1. The van der Waals surface area contributed by atoms with E-state index in [9.17, 15) is 0 Å². The molecule has 0 spiro atoms. The molecule has 4 nitrogen and oxygen atoms in total. The Labute approximate surface area is 119 Å². The van der Waals surface area contributed by atoms with Crippen LogP contribution in [0.15, 0.2) is 28.8 Å². The third kappa shape index (κ3) is 2.90. The summed E-state index contributed by atoms with van der Waals surface area (Å²) in [6.07, 6.45) is 7.14.